The number of hydrogen-bond acceptors (Lipinski definition) is 4. The van der Waals surface area contributed by atoms with Crippen molar-refractivity contribution in [2.24, 2.45) is 10.8 Å². The third-order valence-electron chi connectivity index (χ3n) is 6.99. The van der Waals surface area contributed by atoms with Gasteiger partial charge in [0.2, 0.25) is 0 Å². The number of amides is 1. The maximum absolute atomic E-state index is 13.6. The van der Waals surface area contributed by atoms with Crippen molar-refractivity contribution in [3.8, 4) is 23.7 Å². The molecule has 3 rings (SSSR count). The van der Waals surface area contributed by atoms with Crippen LogP contribution in [0.15, 0.2) is 42.5 Å². The fourth-order valence-corrected chi connectivity index (χ4v) is 5.91. The number of aliphatic hydroxyl groups excluding tert-OH is 1. The van der Waals surface area contributed by atoms with Gasteiger partial charge in [-0.25, -0.2) is 0 Å². The lowest BCUT2D eigenvalue weighted by Crippen LogP contribution is -2.75. The van der Waals surface area contributed by atoms with Crippen LogP contribution in [-0.4, -0.2) is 41.2 Å². The van der Waals surface area contributed by atoms with Gasteiger partial charge >= 0.3 is 6.18 Å². The van der Waals surface area contributed by atoms with Gasteiger partial charge in [-0.2, -0.15) is 18.4 Å². The SMILES string of the molecule is CC#CCc1cccc(C(=O)N(CCO)[C@H]2C(C)(C)[C@H](Oc3ccc(C#N)c(C(F)(F)F)c3)C2(C)C)c1. The Kier molecular flexibility index (Phi) is 7.95. The van der Waals surface area contributed by atoms with E-state index < -0.39 is 34.2 Å². The van der Waals surface area contributed by atoms with Crippen molar-refractivity contribution in [2.75, 3.05) is 13.2 Å². The Balaban J connectivity index is 1.92. The Morgan fingerprint density at radius 3 is 2.38 bits per heavy atom. The molecule has 2 aromatic rings. The summed E-state index contributed by atoms with van der Waals surface area (Å²) >= 11 is 0. The van der Waals surface area contributed by atoms with Gasteiger partial charge in [0.25, 0.3) is 5.91 Å². The molecule has 0 bridgehead atoms. The first kappa shape index (κ1) is 28.1. The lowest BCUT2D eigenvalue weighted by molar-refractivity contribution is -0.200. The highest BCUT2D eigenvalue weighted by Gasteiger charge is 2.66. The summed E-state index contributed by atoms with van der Waals surface area (Å²) in [4.78, 5) is 15.3. The number of rotatable bonds is 7. The van der Waals surface area contributed by atoms with Gasteiger partial charge < -0.3 is 14.7 Å². The second-order valence-corrected chi connectivity index (χ2v) is 10.4. The van der Waals surface area contributed by atoms with Gasteiger partial charge in [0.05, 0.1) is 23.8 Å². The van der Waals surface area contributed by atoms with Gasteiger partial charge in [-0.3, -0.25) is 4.79 Å². The molecular weight excluding hydrogens is 481 g/mol. The number of hydrogen-bond donors (Lipinski definition) is 1. The van der Waals surface area contributed by atoms with Gasteiger partial charge in [0.15, 0.2) is 0 Å². The summed E-state index contributed by atoms with van der Waals surface area (Å²) in [7, 11) is 0. The van der Waals surface area contributed by atoms with Crippen molar-refractivity contribution in [1.82, 2.24) is 4.90 Å². The van der Waals surface area contributed by atoms with Crippen LogP contribution in [0.4, 0.5) is 13.2 Å². The fraction of sp³-hybridized carbons (Fsp3) is 0.448. The molecule has 8 heteroatoms. The molecule has 1 N–H and O–H groups in total. The Hall–Kier alpha value is -3.49. The Bertz CT molecular complexity index is 1250. The summed E-state index contributed by atoms with van der Waals surface area (Å²) < 4.78 is 46.5. The average molecular weight is 513 g/mol. The molecule has 0 aromatic heterocycles. The second kappa shape index (κ2) is 10.5. The van der Waals surface area contributed by atoms with Crippen LogP contribution in [0.25, 0.3) is 0 Å². The summed E-state index contributed by atoms with van der Waals surface area (Å²) in [6.45, 7) is 9.18. The van der Waals surface area contributed by atoms with Crippen molar-refractivity contribution in [2.45, 2.75) is 59.4 Å². The zero-order valence-electron chi connectivity index (χ0n) is 21.6. The Morgan fingerprint density at radius 2 is 1.81 bits per heavy atom. The highest BCUT2D eigenvalue weighted by molar-refractivity contribution is 5.95. The summed E-state index contributed by atoms with van der Waals surface area (Å²) in [5, 5.41) is 18.9. The van der Waals surface area contributed by atoms with Gasteiger partial charge in [-0.15, -0.1) is 5.92 Å². The summed E-state index contributed by atoms with van der Waals surface area (Å²) in [5.74, 6) is 5.58. The van der Waals surface area contributed by atoms with Crippen molar-refractivity contribution < 1.29 is 27.8 Å². The minimum atomic E-state index is -4.70. The maximum atomic E-state index is 13.6. The van der Waals surface area contributed by atoms with Crippen molar-refractivity contribution >= 4 is 5.91 Å². The molecule has 0 unspecified atom stereocenters. The van der Waals surface area contributed by atoms with Gasteiger partial charge in [0.1, 0.15) is 11.9 Å². The zero-order valence-corrected chi connectivity index (χ0v) is 21.6. The summed E-state index contributed by atoms with van der Waals surface area (Å²) in [5.41, 5.74) is -1.47. The third-order valence-corrected chi connectivity index (χ3v) is 6.99. The molecule has 0 aliphatic heterocycles. The molecule has 0 spiro atoms. The standard InChI is InChI=1S/C29H31F3N2O3/c1-6-7-9-19-10-8-11-20(16-19)24(36)34(14-15-35)25-27(2,3)26(28(25,4)5)37-22-13-12-21(18-33)23(17-22)29(30,31)32/h8,10-13,16-17,25-26,35H,9,14-15H2,1-5H3/t25-,26-. The van der Waals surface area contributed by atoms with Crippen molar-refractivity contribution in [1.29, 1.82) is 5.26 Å². The number of benzene rings is 2. The number of nitriles is 1. The molecule has 1 saturated carbocycles. The van der Waals surface area contributed by atoms with E-state index in [2.05, 4.69) is 11.8 Å². The van der Waals surface area contributed by atoms with E-state index in [1.165, 1.54) is 6.07 Å². The Morgan fingerprint density at radius 1 is 1.14 bits per heavy atom. The van der Waals surface area contributed by atoms with Crippen LogP contribution >= 0.6 is 0 Å². The number of nitrogens with zero attached hydrogens (tertiary/aromatic N) is 2. The normalized spacial score (nSPS) is 19.6. The van der Waals surface area contributed by atoms with E-state index in [0.29, 0.717) is 12.0 Å². The lowest BCUT2D eigenvalue weighted by atomic mass is 9.48. The molecule has 5 nitrogen and oxygen atoms in total. The van der Waals surface area contributed by atoms with Gasteiger partial charge in [-0.1, -0.05) is 45.7 Å². The molecule has 196 valence electrons. The minimum absolute atomic E-state index is 0.000643. The maximum Gasteiger partial charge on any atom is 0.417 e. The minimum Gasteiger partial charge on any atom is -0.489 e. The number of aliphatic hydroxyl groups is 1. The van der Waals surface area contributed by atoms with Gasteiger partial charge in [0, 0.05) is 35.4 Å². The number of carbonyl (C=O) groups is 1. The number of carbonyl (C=O) groups excluding carboxylic acids is 1. The highest BCUT2D eigenvalue weighted by Crippen LogP contribution is 2.58. The molecule has 2 aromatic carbocycles. The quantitative estimate of drug-likeness (QED) is 0.500. The number of alkyl halides is 3. The molecule has 1 amide bonds. The van der Waals surface area contributed by atoms with Crippen molar-refractivity contribution in [3.05, 3.63) is 64.7 Å². The Labute approximate surface area is 215 Å². The molecule has 37 heavy (non-hydrogen) atoms. The smallest absolute Gasteiger partial charge is 0.417 e. The van der Waals surface area contributed by atoms with E-state index in [0.717, 1.165) is 17.7 Å². The average Bonchev–Trinajstić information content (AvgIpc) is 2.84. The van der Waals surface area contributed by atoms with Crippen LogP contribution in [0.5, 0.6) is 5.75 Å². The monoisotopic (exact) mass is 512 g/mol. The first-order valence-corrected chi connectivity index (χ1v) is 12.0. The van der Waals surface area contributed by atoms with Crippen LogP contribution in [0.2, 0.25) is 0 Å². The third kappa shape index (κ3) is 5.45. The van der Waals surface area contributed by atoms with Crippen LogP contribution in [0.3, 0.4) is 0 Å². The molecule has 0 atom stereocenters. The highest BCUT2D eigenvalue weighted by atomic mass is 19.4. The van der Waals surface area contributed by atoms with Crippen LogP contribution in [0, 0.1) is 34.0 Å². The topological polar surface area (TPSA) is 73.6 Å². The van der Waals surface area contributed by atoms with E-state index in [1.54, 1.807) is 36.1 Å². The molecular formula is C29H31F3N2O3. The fourth-order valence-electron chi connectivity index (χ4n) is 5.91. The van der Waals surface area contributed by atoms with E-state index >= 15 is 0 Å². The van der Waals surface area contributed by atoms with Crippen molar-refractivity contribution in [3.63, 3.8) is 0 Å². The van der Waals surface area contributed by atoms with Crippen LogP contribution in [0.1, 0.15) is 61.7 Å². The largest absolute Gasteiger partial charge is 0.489 e. The number of halogens is 3. The predicted molar refractivity (Wildman–Crippen MR) is 134 cm³/mol. The zero-order chi connectivity index (χ0) is 27.6. The number of ether oxygens (including phenoxy) is 1. The molecule has 1 fully saturated rings. The van der Waals surface area contributed by atoms with E-state index in [9.17, 15) is 23.1 Å². The first-order valence-electron chi connectivity index (χ1n) is 12.0. The summed E-state index contributed by atoms with van der Waals surface area (Å²) in [6, 6.07) is 11.7. The molecule has 0 radical (unpaired) electrons. The molecule has 0 heterocycles. The van der Waals surface area contributed by atoms with E-state index in [-0.39, 0.29) is 30.9 Å². The van der Waals surface area contributed by atoms with Crippen LogP contribution in [-0.2, 0) is 12.6 Å². The predicted octanol–water partition coefficient (Wildman–Crippen LogP) is 5.46. The molecule has 1 aliphatic rings. The first-order chi connectivity index (χ1) is 17.3. The molecule has 1 aliphatic carbocycles. The molecule has 0 saturated heterocycles. The van der Waals surface area contributed by atoms with Crippen LogP contribution < -0.4 is 4.74 Å². The van der Waals surface area contributed by atoms with E-state index in [1.807, 2.05) is 33.8 Å². The van der Waals surface area contributed by atoms with Gasteiger partial charge in [-0.05, 0) is 42.8 Å². The summed E-state index contributed by atoms with van der Waals surface area (Å²) in [6.07, 6.45) is -4.73. The second-order valence-electron chi connectivity index (χ2n) is 10.4. The van der Waals surface area contributed by atoms with E-state index in [4.69, 9.17) is 10.00 Å². The lowest BCUT2D eigenvalue weighted by Gasteiger charge is -2.65.